The van der Waals surface area contributed by atoms with Crippen molar-refractivity contribution in [3.8, 4) is 0 Å². The third-order valence-corrected chi connectivity index (χ3v) is 6.20. The number of hydrogen-bond donors (Lipinski definition) is 1. The zero-order valence-electron chi connectivity index (χ0n) is 11.1. The summed E-state index contributed by atoms with van der Waals surface area (Å²) in [5.41, 5.74) is 0. The van der Waals surface area contributed by atoms with Gasteiger partial charge < -0.3 is 5.32 Å². The van der Waals surface area contributed by atoms with E-state index in [2.05, 4.69) is 5.32 Å². The molecule has 0 aromatic rings. The molecule has 2 fully saturated rings. The number of sulfone groups is 1. The van der Waals surface area contributed by atoms with Gasteiger partial charge in [-0.05, 0) is 57.0 Å². The molecule has 1 aliphatic heterocycles. The number of alkyl halides is 1. The van der Waals surface area contributed by atoms with Crippen LogP contribution >= 0.6 is 0 Å². The highest BCUT2D eigenvalue weighted by molar-refractivity contribution is 7.91. The van der Waals surface area contributed by atoms with Gasteiger partial charge in [-0.15, -0.1) is 0 Å². The Morgan fingerprint density at radius 1 is 1.11 bits per heavy atom. The van der Waals surface area contributed by atoms with Crippen LogP contribution in [0.3, 0.4) is 0 Å². The van der Waals surface area contributed by atoms with E-state index < -0.39 is 16.0 Å². The Morgan fingerprint density at radius 3 is 2.39 bits per heavy atom. The summed E-state index contributed by atoms with van der Waals surface area (Å²) in [4.78, 5) is 0. The van der Waals surface area contributed by atoms with Crippen molar-refractivity contribution in [2.45, 2.75) is 49.9 Å². The molecule has 2 rings (SSSR count). The third-order valence-electron chi connectivity index (χ3n) is 4.56. The Morgan fingerprint density at radius 2 is 1.78 bits per heavy atom. The molecule has 1 heterocycles. The van der Waals surface area contributed by atoms with Crippen LogP contribution in [0.5, 0.6) is 0 Å². The Kier molecular flexibility index (Phi) is 4.64. The maximum absolute atomic E-state index is 14.5. The van der Waals surface area contributed by atoms with E-state index in [0.29, 0.717) is 12.8 Å². The monoisotopic (exact) mass is 277 g/mol. The van der Waals surface area contributed by atoms with Gasteiger partial charge in [0.2, 0.25) is 0 Å². The number of hydrogen-bond acceptors (Lipinski definition) is 3. The fraction of sp³-hybridized carbons (Fsp3) is 1.00. The highest BCUT2D eigenvalue weighted by atomic mass is 32.2. The molecule has 0 bridgehead atoms. The van der Waals surface area contributed by atoms with Crippen molar-refractivity contribution in [1.29, 1.82) is 0 Å². The van der Waals surface area contributed by atoms with Crippen LogP contribution in [0.2, 0.25) is 0 Å². The lowest BCUT2D eigenvalue weighted by Crippen LogP contribution is -2.39. The van der Waals surface area contributed by atoms with Gasteiger partial charge in [0.25, 0.3) is 0 Å². The maximum atomic E-state index is 14.5. The first-order valence-corrected chi connectivity index (χ1v) is 8.97. The first kappa shape index (κ1) is 14.3. The van der Waals surface area contributed by atoms with Crippen LogP contribution in [0.25, 0.3) is 0 Å². The first-order chi connectivity index (χ1) is 8.48. The average Bonchev–Trinajstić information content (AvgIpc) is 2.38. The molecule has 3 unspecified atom stereocenters. The minimum atomic E-state index is -3.00. The van der Waals surface area contributed by atoms with Crippen LogP contribution in [0, 0.1) is 11.8 Å². The van der Waals surface area contributed by atoms with E-state index in [9.17, 15) is 12.8 Å². The van der Waals surface area contributed by atoms with Crippen LogP contribution in [-0.4, -0.2) is 39.2 Å². The van der Waals surface area contributed by atoms with Gasteiger partial charge in [0.1, 0.15) is 16.0 Å². The molecule has 3 nitrogen and oxygen atoms in total. The van der Waals surface area contributed by atoms with Gasteiger partial charge in [-0.25, -0.2) is 12.8 Å². The van der Waals surface area contributed by atoms with Crippen LogP contribution in [0.1, 0.15) is 38.5 Å². The molecule has 1 aliphatic carbocycles. The van der Waals surface area contributed by atoms with Gasteiger partial charge in [-0.3, -0.25) is 0 Å². The topological polar surface area (TPSA) is 46.2 Å². The number of nitrogens with one attached hydrogen (secondary N) is 1. The Bertz CT molecular complexity index is 365. The molecule has 106 valence electrons. The van der Waals surface area contributed by atoms with E-state index in [4.69, 9.17) is 0 Å². The molecule has 1 saturated heterocycles. The predicted octanol–water partition coefficient (Wildman–Crippen LogP) is 1.93. The quantitative estimate of drug-likeness (QED) is 0.857. The molecule has 1 saturated carbocycles. The molecule has 5 heteroatoms. The lowest BCUT2D eigenvalue weighted by Gasteiger charge is -2.35. The molecular formula is C13H24FNO2S. The lowest BCUT2D eigenvalue weighted by atomic mass is 9.78. The van der Waals surface area contributed by atoms with Gasteiger partial charge in [-0.1, -0.05) is 6.42 Å². The molecule has 0 spiro atoms. The molecule has 0 radical (unpaired) electrons. The van der Waals surface area contributed by atoms with Crippen molar-refractivity contribution < 1.29 is 12.8 Å². The summed E-state index contributed by atoms with van der Waals surface area (Å²) in [7, 11) is -3.00. The van der Waals surface area contributed by atoms with Crippen molar-refractivity contribution in [3.63, 3.8) is 0 Å². The van der Waals surface area contributed by atoms with E-state index in [0.717, 1.165) is 38.8 Å². The number of halogens is 1. The summed E-state index contributed by atoms with van der Waals surface area (Å²) >= 11 is 0. The van der Waals surface area contributed by atoms with E-state index in [1.54, 1.807) is 0 Å². The van der Waals surface area contributed by atoms with Crippen LogP contribution < -0.4 is 5.32 Å². The second-order valence-corrected chi connectivity index (χ2v) is 8.24. The van der Waals surface area contributed by atoms with Gasteiger partial charge in [0.05, 0.1) is 5.25 Å². The van der Waals surface area contributed by atoms with E-state index in [1.165, 1.54) is 6.26 Å². The minimum absolute atomic E-state index is 0.0402. The maximum Gasteiger partial charge on any atom is 0.150 e. The van der Waals surface area contributed by atoms with E-state index in [-0.39, 0.29) is 17.1 Å². The molecule has 18 heavy (non-hydrogen) atoms. The lowest BCUT2D eigenvalue weighted by molar-refractivity contribution is 0.100. The van der Waals surface area contributed by atoms with Crippen molar-refractivity contribution in [2.75, 3.05) is 19.3 Å². The number of piperidine rings is 1. The van der Waals surface area contributed by atoms with Gasteiger partial charge >= 0.3 is 0 Å². The van der Waals surface area contributed by atoms with E-state index >= 15 is 0 Å². The summed E-state index contributed by atoms with van der Waals surface area (Å²) in [5, 5.41) is 2.93. The minimum Gasteiger partial charge on any atom is -0.317 e. The summed E-state index contributed by atoms with van der Waals surface area (Å²) in [6.45, 7) is 1.79. The molecular weight excluding hydrogens is 253 g/mol. The third kappa shape index (κ3) is 3.44. The molecule has 0 aromatic heterocycles. The summed E-state index contributed by atoms with van der Waals surface area (Å²) in [6, 6.07) is 0. The Labute approximate surface area is 109 Å². The standard InChI is InChI=1S/C13H24FNO2S/c1-18(16,17)12-4-2-3-11(9-12)13(14)10-5-7-15-8-6-10/h10-13,15H,2-9H2,1H3. The van der Waals surface area contributed by atoms with Crippen LogP contribution in [-0.2, 0) is 9.84 Å². The Hall–Kier alpha value is -0.160. The second-order valence-electron chi connectivity index (χ2n) is 5.91. The summed E-state index contributed by atoms with van der Waals surface area (Å²) in [5.74, 6) is 0.0936. The first-order valence-electron chi connectivity index (χ1n) is 7.02. The summed E-state index contributed by atoms with van der Waals surface area (Å²) < 4.78 is 37.7. The molecule has 2 aliphatic rings. The largest absolute Gasteiger partial charge is 0.317 e. The fourth-order valence-electron chi connectivity index (χ4n) is 3.41. The zero-order valence-corrected chi connectivity index (χ0v) is 11.9. The van der Waals surface area contributed by atoms with Crippen LogP contribution in [0.15, 0.2) is 0 Å². The smallest absolute Gasteiger partial charge is 0.150 e. The SMILES string of the molecule is CS(=O)(=O)C1CCCC(C(F)C2CCNCC2)C1. The molecule has 0 aromatic carbocycles. The summed E-state index contributed by atoms with van der Waals surface area (Å²) in [6.07, 6.45) is 5.22. The average molecular weight is 277 g/mol. The van der Waals surface area contributed by atoms with Crippen LogP contribution in [0.4, 0.5) is 4.39 Å². The van der Waals surface area contributed by atoms with E-state index in [1.807, 2.05) is 0 Å². The highest BCUT2D eigenvalue weighted by Crippen LogP contribution is 2.36. The fourth-order valence-corrected chi connectivity index (χ4v) is 4.60. The van der Waals surface area contributed by atoms with Crippen molar-refractivity contribution in [2.24, 2.45) is 11.8 Å². The molecule has 0 amide bonds. The zero-order chi connectivity index (χ0) is 13.2. The number of rotatable bonds is 3. The van der Waals surface area contributed by atoms with Gasteiger partial charge in [0.15, 0.2) is 0 Å². The van der Waals surface area contributed by atoms with Gasteiger partial charge in [0, 0.05) is 6.26 Å². The predicted molar refractivity (Wildman–Crippen MR) is 71.1 cm³/mol. The molecule has 3 atom stereocenters. The van der Waals surface area contributed by atoms with Crippen molar-refractivity contribution in [1.82, 2.24) is 5.32 Å². The molecule has 1 N–H and O–H groups in total. The van der Waals surface area contributed by atoms with Crippen molar-refractivity contribution >= 4 is 9.84 Å². The normalized spacial score (nSPS) is 33.2. The Balaban J connectivity index is 1.95. The van der Waals surface area contributed by atoms with Crippen molar-refractivity contribution in [3.05, 3.63) is 0 Å². The highest BCUT2D eigenvalue weighted by Gasteiger charge is 2.36. The second kappa shape index (κ2) is 5.87. The van der Waals surface area contributed by atoms with Gasteiger partial charge in [-0.2, -0.15) is 0 Å².